The largest absolute Gasteiger partial charge is 0.458 e. The standard InChI is InChI=1S/C84H55B2N3OS/c1-8-28-56(29-9-1)61-50-75-81-76(51-61)89(84-67(59-34-14-4-15-35-59)44-27-45-68(84)60-36-16-5-17-37-60)74-55-77-72(86-70-47-23-25-49-79(70)91-80-53-64(52-78(90-77)82(80)86)87(62-38-18-6-19-39-62)63-40-20-7-21-41-63)54-71(74)85(81)69-46-22-24-48-73(69)88(75)83-65(57-30-10-2-11-31-57)42-26-43-66(83)58-32-12-3-13-33-58/h1-55H. The number of hydrogen-bond acceptors (Lipinski definition) is 5. The Bertz CT molecular complexity index is 4980. The molecular weight excluding hydrogens is 1120 g/mol. The topological polar surface area (TPSA) is 19.0 Å². The second-order valence-electron chi connectivity index (χ2n) is 23.8. The van der Waals surface area contributed by atoms with Crippen LogP contribution in [0.5, 0.6) is 11.5 Å². The minimum Gasteiger partial charge on any atom is -0.458 e. The van der Waals surface area contributed by atoms with Gasteiger partial charge in [0.1, 0.15) is 11.5 Å². The molecule has 0 fully saturated rings. The van der Waals surface area contributed by atoms with Crippen molar-refractivity contribution in [2.24, 2.45) is 0 Å². The summed E-state index contributed by atoms with van der Waals surface area (Å²) in [7, 11) is 0. The van der Waals surface area contributed by atoms with Gasteiger partial charge in [0.2, 0.25) is 0 Å². The average molecular weight is 1180 g/mol. The molecule has 0 unspecified atom stereocenters. The smallest absolute Gasteiger partial charge is 0.253 e. The maximum absolute atomic E-state index is 7.75. The van der Waals surface area contributed by atoms with Crippen LogP contribution in [0.3, 0.4) is 0 Å². The molecule has 91 heavy (non-hydrogen) atoms. The van der Waals surface area contributed by atoms with Gasteiger partial charge in [-0.1, -0.05) is 284 Å². The summed E-state index contributed by atoms with van der Waals surface area (Å²) in [5.74, 6) is 1.70. The number of hydrogen-bond donors (Lipinski definition) is 0. The third-order valence-corrected chi connectivity index (χ3v) is 19.9. The number of ether oxygens (including phenoxy) is 1. The molecule has 424 valence electrons. The van der Waals surface area contributed by atoms with Gasteiger partial charge in [0, 0.05) is 78.3 Å². The van der Waals surface area contributed by atoms with E-state index in [1.165, 1.54) is 37.1 Å². The molecule has 18 rings (SSSR count). The fraction of sp³-hybridized carbons (Fsp3) is 0. The molecule has 0 atom stereocenters. The Morgan fingerprint density at radius 3 is 1.21 bits per heavy atom. The van der Waals surface area contributed by atoms with Gasteiger partial charge in [-0.25, -0.2) is 0 Å². The van der Waals surface area contributed by atoms with Crippen LogP contribution in [0.15, 0.2) is 343 Å². The Labute approximate surface area is 535 Å². The Balaban J connectivity index is 0.967. The van der Waals surface area contributed by atoms with Crippen molar-refractivity contribution in [1.82, 2.24) is 0 Å². The van der Waals surface area contributed by atoms with Gasteiger partial charge in [0.05, 0.1) is 17.1 Å². The third kappa shape index (κ3) is 8.71. The van der Waals surface area contributed by atoms with Crippen molar-refractivity contribution in [3.63, 3.8) is 0 Å². The number of para-hydroxylation sites is 5. The predicted molar refractivity (Wildman–Crippen MR) is 384 cm³/mol. The molecule has 0 aromatic heterocycles. The van der Waals surface area contributed by atoms with Gasteiger partial charge in [-0.3, -0.25) is 0 Å². The minimum atomic E-state index is -0.214. The fourth-order valence-electron chi connectivity index (χ4n) is 14.9. The van der Waals surface area contributed by atoms with Crippen molar-refractivity contribution >= 4 is 109 Å². The van der Waals surface area contributed by atoms with E-state index >= 15 is 0 Å². The van der Waals surface area contributed by atoms with Gasteiger partial charge in [0.15, 0.2) is 0 Å². The van der Waals surface area contributed by atoms with Crippen LogP contribution in [0.2, 0.25) is 0 Å². The lowest BCUT2D eigenvalue weighted by atomic mass is 9.31. The molecule has 7 heteroatoms. The van der Waals surface area contributed by atoms with Crippen LogP contribution in [0.25, 0.3) is 55.6 Å². The van der Waals surface area contributed by atoms with E-state index in [4.69, 9.17) is 4.74 Å². The third-order valence-electron chi connectivity index (χ3n) is 18.7. The Morgan fingerprint density at radius 1 is 0.264 bits per heavy atom. The SMILES string of the molecule is c1ccc(-c2cc3c4c(c2)N(c2c(-c5ccccc5)cccc2-c2ccccc2)c2cc5c(cc2B4c2ccccc2N3c2c(-c3ccccc3)cccc2-c2ccccc2)B2c3ccccc3Sc3cc(N(c4ccccc4)c4ccccc4)cc(c32)O5)cc1. The highest BCUT2D eigenvalue weighted by Gasteiger charge is 2.48. The lowest BCUT2D eigenvalue weighted by Gasteiger charge is -2.46. The van der Waals surface area contributed by atoms with Crippen LogP contribution in [0, 0.1) is 0 Å². The second kappa shape index (κ2) is 21.8. The zero-order valence-corrected chi connectivity index (χ0v) is 50.4. The zero-order chi connectivity index (χ0) is 59.9. The molecule has 0 spiro atoms. The molecule has 0 aliphatic carbocycles. The van der Waals surface area contributed by atoms with Gasteiger partial charge in [-0.05, 0) is 115 Å². The van der Waals surface area contributed by atoms with Crippen LogP contribution in [0.4, 0.5) is 51.2 Å². The monoisotopic (exact) mass is 1180 g/mol. The highest BCUT2D eigenvalue weighted by molar-refractivity contribution is 8.00. The average Bonchev–Trinajstić information content (AvgIpc) is 0.696. The number of rotatable bonds is 10. The summed E-state index contributed by atoms with van der Waals surface area (Å²) in [6.45, 7) is -0.339. The predicted octanol–water partition coefficient (Wildman–Crippen LogP) is 18.7. The first kappa shape index (κ1) is 52.8. The van der Waals surface area contributed by atoms with Gasteiger partial charge >= 0.3 is 0 Å². The number of benzene rings is 14. The molecule has 0 N–H and O–H groups in total. The molecule has 14 aromatic carbocycles. The van der Waals surface area contributed by atoms with Crippen LogP contribution < -0.4 is 52.2 Å². The van der Waals surface area contributed by atoms with E-state index in [2.05, 4.69) is 348 Å². The van der Waals surface area contributed by atoms with Gasteiger partial charge < -0.3 is 19.4 Å². The van der Waals surface area contributed by atoms with Crippen LogP contribution >= 0.6 is 11.8 Å². The fourth-order valence-corrected chi connectivity index (χ4v) is 16.0. The van der Waals surface area contributed by atoms with Crippen molar-refractivity contribution in [1.29, 1.82) is 0 Å². The van der Waals surface area contributed by atoms with Crippen LogP contribution in [-0.4, -0.2) is 13.4 Å². The first-order valence-electron chi connectivity index (χ1n) is 31.3. The maximum atomic E-state index is 7.75. The summed E-state index contributed by atoms with van der Waals surface area (Å²) in [5.41, 5.74) is 28.5. The summed E-state index contributed by atoms with van der Waals surface area (Å²) in [5, 5.41) is 0. The zero-order valence-electron chi connectivity index (χ0n) is 49.6. The van der Waals surface area contributed by atoms with Crippen molar-refractivity contribution in [3.8, 4) is 67.1 Å². The van der Waals surface area contributed by atoms with E-state index in [1.54, 1.807) is 0 Å². The van der Waals surface area contributed by atoms with Gasteiger partial charge in [0.25, 0.3) is 13.4 Å². The highest BCUT2D eigenvalue weighted by Crippen LogP contribution is 2.54. The minimum absolute atomic E-state index is 0.125. The van der Waals surface area contributed by atoms with E-state index < -0.39 is 0 Å². The van der Waals surface area contributed by atoms with Crippen molar-refractivity contribution in [2.45, 2.75) is 9.79 Å². The van der Waals surface area contributed by atoms with Crippen molar-refractivity contribution in [2.75, 3.05) is 14.7 Å². The molecule has 4 aliphatic heterocycles. The molecule has 0 saturated carbocycles. The van der Waals surface area contributed by atoms with Crippen molar-refractivity contribution in [3.05, 3.63) is 334 Å². The molecule has 0 amide bonds. The van der Waals surface area contributed by atoms with E-state index in [0.29, 0.717) is 0 Å². The lowest BCUT2D eigenvalue weighted by Crippen LogP contribution is -2.64. The lowest BCUT2D eigenvalue weighted by molar-refractivity contribution is 0.486. The van der Waals surface area contributed by atoms with E-state index in [0.717, 1.165) is 124 Å². The van der Waals surface area contributed by atoms with Crippen molar-refractivity contribution < 1.29 is 4.74 Å². The Kier molecular flexibility index (Phi) is 12.7. The summed E-state index contributed by atoms with van der Waals surface area (Å²) in [6.07, 6.45) is 0. The van der Waals surface area contributed by atoms with E-state index in [9.17, 15) is 0 Å². The highest BCUT2D eigenvalue weighted by atomic mass is 32.2. The first-order valence-corrected chi connectivity index (χ1v) is 32.1. The summed E-state index contributed by atoms with van der Waals surface area (Å²) in [6, 6.07) is 123. The number of anilines is 9. The molecule has 4 nitrogen and oxygen atoms in total. The summed E-state index contributed by atoms with van der Waals surface area (Å²) < 4.78 is 7.75. The van der Waals surface area contributed by atoms with E-state index in [-0.39, 0.29) is 13.4 Å². The Hall–Kier alpha value is -11.2. The summed E-state index contributed by atoms with van der Waals surface area (Å²) in [4.78, 5) is 10.0. The molecule has 4 heterocycles. The second-order valence-corrected chi connectivity index (χ2v) is 24.9. The number of fused-ring (bicyclic) bond motifs is 8. The van der Waals surface area contributed by atoms with Gasteiger partial charge in [-0.15, -0.1) is 0 Å². The first-order chi connectivity index (χ1) is 45.2. The molecule has 0 saturated heterocycles. The van der Waals surface area contributed by atoms with E-state index in [1.807, 2.05) is 11.8 Å². The molecule has 0 bridgehead atoms. The maximum Gasteiger partial charge on any atom is 0.253 e. The molecule has 4 aliphatic rings. The summed E-state index contributed by atoms with van der Waals surface area (Å²) >= 11 is 1.85. The quantitative estimate of drug-likeness (QED) is 0.127. The van der Waals surface area contributed by atoms with Crippen LogP contribution in [0.1, 0.15) is 0 Å². The molecule has 14 aromatic rings. The van der Waals surface area contributed by atoms with Gasteiger partial charge in [-0.2, -0.15) is 0 Å². The number of nitrogens with zero attached hydrogens (tertiary/aromatic N) is 3. The molecule has 0 radical (unpaired) electrons. The van der Waals surface area contributed by atoms with Crippen LogP contribution in [-0.2, 0) is 0 Å². The molecular formula is C84H55B2N3OS. The Morgan fingerprint density at radius 2 is 0.692 bits per heavy atom. The normalized spacial score (nSPS) is 12.8.